The Hall–Kier alpha value is -1.88. The molecule has 1 heterocycles. The van der Waals surface area contributed by atoms with E-state index in [1.807, 2.05) is 43.3 Å². The highest BCUT2D eigenvalue weighted by Gasteiger charge is 2.02. The maximum absolute atomic E-state index is 11.7. The number of pyridine rings is 1. The van der Waals surface area contributed by atoms with Crippen LogP contribution in [0.15, 0.2) is 47.1 Å². The molecule has 2 aromatic rings. The molecule has 2 amide bonds. The van der Waals surface area contributed by atoms with Crippen LogP contribution in [0.2, 0.25) is 0 Å². The average Bonchev–Trinajstić information content (AvgIpc) is 2.35. The molecule has 0 fully saturated rings. The van der Waals surface area contributed by atoms with Gasteiger partial charge < -0.3 is 10.6 Å². The number of carbonyl (C=O) groups is 1. The Kier molecular flexibility index (Phi) is 3.94. The monoisotopic (exact) mass is 305 g/mol. The van der Waals surface area contributed by atoms with Gasteiger partial charge in [0.2, 0.25) is 0 Å². The van der Waals surface area contributed by atoms with Crippen molar-refractivity contribution in [3.63, 3.8) is 0 Å². The second kappa shape index (κ2) is 5.64. The number of hydrogen-bond donors (Lipinski definition) is 2. The first-order chi connectivity index (χ1) is 8.63. The van der Waals surface area contributed by atoms with Gasteiger partial charge in [-0.2, -0.15) is 0 Å². The molecule has 0 aliphatic heterocycles. The van der Waals surface area contributed by atoms with E-state index in [1.54, 1.807) is 6.20 Å². The first-order valence-corrected chi connectivity index (χ1v) is 6.19. The summed E-state index contributed by atoms with van der Waals surface area (Å²) in [4.78, 5) is 15.8. The summed E-state index contributed by atoms with van der Waals surface area (Å²) in [6, 6.07) is 10.7. The fraction of sp³-hybridized carbons (Fsp3) is 0.0769. The smallest absolute Gasteiger partial charge is 0.308 e. The van der Waals surface area contributed by atoms with Crippen LogP contribution in [0.5, 0.6) is 0 Å². The van der Waals surface area contributed by atoms with E-state index in [1.165, 1.54) is 0 Å². The van der Waals surface area contributed by atoms with E-state index in [4.69, 9.17) is 0 Å². The highest BCUT2D eigenvalue weighted by atomic mass is 79.9. The molecule has 0 unspecified atom stereocenters. The summed E-state index contributed by atoms with van der Waals surface area (Å²) in [5, 5.41) is 5.44. The van der Waals surface area contributed by atoms with Gasteiger partial charge in [0.25, 0.3) is 0 Å². The fourth-order valence-electron chi connectivity index (χ4n) is 1.37. The van der Waals surface area contributed by atoms with E-state index < -0.39 is 0 Å². The third-order valence-electron chi connectivity index (χ3n) is 2.27. The molecular weight excluding hydrogens is 294 g/mol. The zero-order valence-electron chi connectivity index (χ0n) is 9.77. The summed E-state index contributed by atoms with van der Waals surface area (Å²) >= 11 is 3.34. The Morgan fingerprint density at radius 3 is 2.28 bits per heavy atom. The Bertz CT molecular complexity index is 488. The Morgan fingerprint density at radius 1 is 1.06 bits per heavy atom. The topological polar surface area (TPSA) is 54.0 Å². The van der Waals surface area contributed by atoms with E-state index in [0.29, 0.717) is 5.69 Å². The lowest BCUT2D eigenvalue weighted by molar-refractivity contribution is 0.262. The molecule has 0 saturated carbocycles. The normalized spacial score (nSPS) is 9.89. The van der Waals surface area contributed by atoms with Crippen molar-refractivity contribution >= 4 is 33.3 Å². The number of amides is 2. The molecule has 0 bridgehead atoms. The Balaban J connectivity index is 1.96. The van der Waals surface area contributed by atoms with Gasteiger partial charge in [0.1, 0.15) is 0 Å². The minimum atomic E-state index is -0.289. The summed E-state index contributed by atoms with van der Waals surface area (Å²) in [5.41, 5.74) is 2.31. The predicted octanol–water partition coefficient (Wildman–Crippen LogP) is 3.80. The largest absolute Gasteiger partial charge is 0.323 e. The van der Waals surface area contributed by atoms with Gasteiger partial charge in [-0.3, -0.25) is 4.98 Å². The molecule has 5 heteroatoms. The first kappa shape index (κ1) is 12.6. The van der Waals surface area contributed by atoms with Crippen molar-refractivity contribution in [1.29, 1.82) is 0 Å². The van der Waals surface area contributed by atoms with E-state index >= 15 is 0 Å². The number of aryl methyl sites for hydroxylation is 1. The van der Waals surface area contributed by atoms with Crippen LogP contribution in [0.25, 0.3) is 0 Å². The molecular formula is C13H12BrN3O. The molecule has 4 nitrogen and oxygen atoms in total. The van der Waals surface area contributed by atoms with Crippen LogP contribution >= 0.6 is 15.9 Å². The van der Waals surface area contributed by atoms with Crippen LogP contribution in [0.4, 0.5) is 16.2 Å². The van der Waals surface area contributed by atoms with Crippen LogP contribution < -0.4 is 10.6 Å². The summed E-state index contributed by atoms with van der Waals surface area (Å²) < 4.78 is 0.969. The molecule has 0 aliphatic carbocycles. The molecule has 0 spiro atoms. The van der Waals surface area contributed by atoms with Crippen molar-refractivity contribution in [3.8, 4) is 0 Å². The van der Waals surface area contributed by atoms with Gasteiger partial charge >= 0.3 is 6.03 Å². The van der Waals surface area contributed by atoms with Crippen LogP contribution in [0.1, 0.15) is 5.69 Å². The predicted molar refractivity (Wildman–Crippen MR) is 75.8 cm³/mol. The van der Waals surface area contributed by atoms with Gasteiger partial charge in [-0.1, -0.05) is 15.9 Å². The van der Waals surface area contributed by atoms with E-state index in [-0.39, 0.29) is 6.03 Å². The molecule has 92 valence electrons. The van der Waals surface area contributed by atoms with Crippen molar-refractivity contribution in [3.05, 3.63) is 52.8 Å². The zero-order valence-corrected chi connectivity index (χ0v) is 11.4. The number of urea groups is 1. The Labute approximate surface area is 114 Å². The van der Waals surface area contributed by atoms with Crippen LogP contribution in [-0.2, 0) is 0 Å². The number of aromatic nitrogens is 1. The first-order valence-electron chi connectivity index (χ1n) is 5.40. The SMILES string of the molecule is Cc1ccc(NC(=O)Nc2ccc(Br)cc2)cn1. The molecule has 0 atom stereocenters. The molecule has 1 aromatic heterocycles. The summed E-state index contributed by atoms with van der Waals surface area (Å²) in [5.74, 6) is 0. The van der Waals surface area contributed by atoms with E-state index in [2.05, 4.69) is 31.5 Å². The van der Waals surface area contributed by atoms with Crippen LogP contribution in [0.3, 0.4) is 0 Å². The second-order valence-electron chi connectivity index (χ2n) is 3.77. The third-order valence-corrected chi connectivity index (χ3v) is 2.80. The molecule has 0 aliphatic rings. The van der Waals surface area contributed by atoms with Crippen molar-refractivity contribution in [1.82, 2.24) is 4.98 Å². The lowest BCUT2D eigenvalue weighted by atomic mass is 10.3. The van der Waals surface area contributed by atoms with Gasteiger partial charge in [-0.15, -0.1) is 0 Å². The highest BCUT2D eigenvalue weighted by molar-refractivity contribution is 9.10. The lowest BCUT2D eigenvalue weighted by Gasteiger charge is -2.07. The number of carbonyl (C=O) groups excluding carboxylic acids is 1. The molecule has 2 rings (SSSR count). The standard InChI is InChI=1S/C13H12BrN3O/c1-9-2-5-12(8-15-9)17-13(18)16-11-6-3-10(14)4-7-11/h2-8H,1H3,(H2,16,17,18). The Morgan fingerprint density at radius 2 is 1.67 bits per heavy atom. The van der Waals surface area contributed by atoms with Crippen LogP contribution in [0, 0.1) is 6.92 Å². The van der Waals surface area contributed by atoms with Gasteiger partial charge in [0.15, 0.2) is 0 Å². The van der Waals surface area contributed by atoms with Crippen molar-refractivity contribution < 1.29 is 4.79 Å². The summed E-state index contributed by atoms with van der Waals surface area (Å²) in [7, 11) is 0. The maximum atomic E-state index is 11.7. The highest BCUT2D eigenvalue weighted by Crippen LogP contribution is 2.14. The van der Waals surface area contributed by atoms with Gasteiger partial charge in [-0.05, 0) is 43.3 Å². The molecule has 2 N–H and O–H groups in total. The van der Waals surface area contributed by atoms with Crippen molar-refractivity contribution in [2.45, 2.75) is 6.92 Å². The number of benzene rings is 1. The lowest BCUT2D eigenvalue weighted by Crippen LogP contribution is -2.19. The molecule has 1 aromatic carbocycles. The van der Waals surface area contributed by atoms with E-state index in [9.17, 15) is 4.79 Å². The second-order valence-corrected chi connectivity index (χ2v) is 4.69. The maximum Gasteiger partial charge on any atom is 0.323 e. The quantitative estimate of drug-likeness (QED) is 0.886. The molecule has 0 radical (unpaired) electrons. The van der Waals surface area contributed by atoms with Crippen LogP contribution in [-0.4, -0.2) is 11.0 Å². The fourth-order valence-corrected chi connectivity index (χ4v) is 1.63. The van der Waals surface area contributed by atoms with E-state index in [0.717, 1.165) is 15.9 Å². The van der Waals surface area contributed by atoms with Gasteiger partial charge in [0.05, 0.1) is 11.9 Å². The number of hydrogen-bond acceptors (Lipinski definition) is 2. The number of rotatable bonds is 2. The molecule has 18 heavy (non-hydrogen) atoms. The van der Waals surface area contributed by atoms with Crippen molar-refractivity contribution in [2.24, 2.45) is 0 Å². The molecule has 0 saturated heterocycles. The zero-order chi connectivity index (χ0) is 13.0. The third kappa shape index (κ3) is 3.56. The van der Waals surface area contributed by atoms with Gasteiger partial charge in [-0.25, -0.2) is 4.79 Å². The minimum Gasteiger partial charge on any atom is -0.308 e. The number of nitrogens with zero attached hydrogens (tertiary/aromatic N) is 1. The summed E-state index contributed by atoms with van der Waals surface area (Å²) in [6.45, 7) is 1.89. The van der Waals surface area contributed by atoms with Crippen molar-refractivity contribution in [2.75, 3.05) is 10.6 Å². The minimum absolute atomic E-state index is 0.289. The summed E-state index contributed by atoms with van der Waals surface area (Å²) in [6.07, 6.45) is 1.62. The van der Waals surface area contributed by atoms with Gasteiger partial charge in [0, 0.05) is 15.9 Å². The average molecular weight is 306 g/mol. The number of nitrogens with one attached hydrogen (secondary N) is 2. The number of anilines is 2. The number of halogens is 1.